The van der Waals surface area contributed by atoms with Gasteiger partial charge in [0.2, 0.25) is 0 Å². The van der Waals surface area contributed by atoms with Gasteiger partial charge in [0.25, 0.3) is 0 Å². The van der Waals surface area contributed by atoms with Crippen molar-refractivity contribution in [2.45, 2.75) is 177 Å². The minimum Gasteiger partial charge on any atom is -0.511 e. The highest BCUT2D eigenvalue weighted by atomic mass is 16.5. The van der Waals surface area contributed by atoms with Crippen LogP contribution in [0.25, 0.3) is 0 Å². The van der Waals surface area contributed by atoms with Crippen molar-refractivity contribution in [1.82, 2.24) is 0 Å². The SMILES string of the molecule is CCCCCCCCCCCCCCCCCCC1(C(C)(C)C)CC(OC(=O)CC)=CC(C(C)(C)C)=C1O. The molecule has 0 amide bonds. The number of aliphatic hydroxyl groups excluding tert-OH is 1. The summed E-state index contributed by atoms with van der Waals surface area (Å²) in [6.45, 7) is 17.2. The number of unbranched alkanes of at least 4 members (excludes halogenated alkanes) is 15. The molecule has 0 saturated carbocycles. The van der Waals surface area contributed by atoms with E-state index in [1.807, 2.05) is 13.0 Å². The molecule has 0 aliphatic heterocycles. The summed E-state index contributed by atoms with van der Waals surface area (Å²) in [5.74, 6) is 1.02. The van der Waals surface area contributed by atoms with Gasteiger partial charge in [-0.05, 0) is 28.9 Å². The van der Waals surface area contributed by atoms with Crippen LogP contribution in [0, 0.1) is 16.2 Å². The molecule has 222 valence electrons. The van der Waals surface area contributed by atoms with E-state index < -0.39 is 5.41 Å². The molecule has 38 heavy (non-hydrogen) atoms. The summed E-state index contributed by atoms with van der Waals surface area (Å²) in [7, 11) is 0. The maximum absolute atomic E-state index is 12.2. The maximum Gasteiger partial charge on any atom is 0.310 e. The Morgan fingerprint density at radius 3 is 1.55 bits per heavy atom. The van der Waals surface area contributed by atoms with E-state index in [0.717, 1.165) is 18.4 Å². The second-order valence-corrected chi connectivity index (χ2v) is 14.0. The molecule has 0 aromatic rings. The lowest BCUT2D eigenvalue weighted by Gasteiger charge is -2.48. The van der Waals surface area contributed by atoms with Gasteiger partial charge in [0.1, 0.15) is 11.5 Å². The first-order chi connectivity index (χ1) is 17.9. The smallest absolute Gasteiger partial charge is 0.310 e. The Labute approximate surface area is 237 Å². The van der Waals surface area contributed by atoms with Crippen LogP contribution in [0.15, 0.2) is 23.2 Å². The van der Waals surface area contributed by atoms with Gasteiger partial charge in [0.05, 0.1) is 0 Å². The molecule has 1 atom stereocenters. The minimum absolute atomic E-state index is 0.152. The summed E-state index contributed by atoms with van der Waals surface area (Å²) in [6.07, 6.45) is 25.5. The molecule has 1 rings (SSSR count). The quantitative estimate of drug-likeness (QED) is 0.133. The molecule has 0 heterocycles. The molecule has 3 heteroatoms. The van der Waals surface area contributed by atoms with Crippen molar-refractivity contribution in [3.05, 3.63) is 23.2 Å². The van der Waals surface area contributed by atoms with E-state index in [-0.39, 0.29) is 16.8 Å². The van der Waals surface area contributed by atoms with E-state index in [2.05, 4.69) is 48.5 Å². The normalized spacial score (nSPS) is 18.6. The van der Waals surface area contributed by atoms with Crippen LogP contribution in [0.3, 0.4) is 0 Å². The number of carbonyl (C=O) groups is 1. The van der Waals surface area contributed by atoms with Crippen LogP contribution in [0.4, 0.5) is 0 Å². The highest BCUT2D eigenvalue weighted by Gasteiger charge is 2.50. The fourth-order valence-corrected chi connectivity index (χ4v) is 5.95. The number of rotatable bonds is 19. The first-order valence-corrected chi connectivity index (χ1v) is 16.2. The molecular formula is C35H64O3. The Morgan fingerprint density at radius 1 is 0.763 bits per heavy atom. The number of hydrogen-bond donors (Lipinski definition) is 1. The Balaban J connectivity index is 2.49. The average Bonchev–Trinajstić information content (AvgIpc) is 2.83. The van der Waals surface area contributed by atoms with Crippen LogP contribution >= 0.6 is 0 Å². The third-order valence-electron chi connectivity index (χ3n) is 8.72. The van der Waals surface area contributed by atoms with E-state index in [9.17, 15) is 9.90 Å². The number of hydrogen-bond acceptors (Lipinski definition) is 3. The topological polar surface area (TPSA) is 46.5 Å². The Morgan fingerprint density at radius 2 is 1.18 bits per heavy atom. The highest BCUT2D eigenvalue weighted by Crippen LogP contribution is 2.56. The van der Waals surface area contributed by atoms with Crippen molar-refractivity contribution < 1.29 is 14.6 Å². The third kappa shape index (κ3) is 11.9. The van der Waals surface area contributed by atoms with E-state index in [1.54, 1.807) is 0 Å². The molecule has 3 nitrogen and oxygen atoms in total. The van der Waals surface area contributed by atoms with E-state index in [1.165, 1.54) is 96.3 Å². The van der Waals surface area contributed by atoms with Gasteiger partial charge in [0.15, 0.2) is 0 Å². The average molecular weight is 533 g/mol. The largest absolute Gasteiger partial charge is 0.511 e. The first-order valence-electron chi connectivity index (χ1n) is 16.2. The number of ether oxygens (including phenoxy) is 1. The number of aliphatic hydroxyl groups is 1. The molecule has 0 bridgehead atoms. The van der Waals surface area contributed by atoms with Crippen LogP contribution < -0.4 is 0 Å². The second-order valence-electron chi connectivity index (χ2n) is 14.0. The summed E-state index contributed by atoms with van der Waals surface area (Å²) < 4.78 is 5.77. The molecule has 1 unspecified atom stereocenters. The molecule has 0 aromatic carbocycles. The monoisotopic (exact) mass is 532 g/mol. The number of esters is 1. The third-order valence-corrected chi connectivity index (χ3v) is 8.72. The van der Waals surface area contributed by atoms with Gasteiger partial charge in [-0.1, -0.05) is 158 Å². The molecule has 0 spiro atoms. The molecule has 0 aromatic heterocycles. The first kappa shape index (κ1) is 34.8. The summed E-state index contributed by atoms with van der Waals surface area (Å²) in [5, 5.41) is 11.7. The zero-order valence-electron chi connectivity index (χ0n) is 26.8. The lowest BCUT2D eigenvalue weighted by Crippen LogP contribution is -2.42. The van der Waals surface area contributed by atoms with E-state index in [0.29, 0.717) is 24.4 Å². The molecular weight excluding hydrogens is 468 g/mol. The van der Waals surface area contributed by atoms with E-state index >= 15 is 0 Å². The second kappa shape index (κ2) is 17.4. The summed E-state index contributed by atoms with van der Waals surface area (Å²) >= 11 is 0. The van der Waals surface area contributed by atoms with Crippen LogP contribution in [-0.2, 0) is 9.53 Å². The van der Waals surface area contributed by atoms with Gasteiger partial charge >= 0.3 is 5.97 Å². The number of carbonyl (C=O) groups excluding carboxylic acids is 1. The predicted molar refractivity (Wildman–Crippen MR) is 164 cm³/mol. The summed E-state index contributed by atoms with van der Waals surface area (Å²) in [6, 6.07) is 0. The van der Waals surface area contributed by atoms with Crippen molar-refractivity contribution in [3.8, 4) is 0 Å². The lowest BCUT2D eigenvalue weighted by molar-refractivity contribution is -0.140. The summed E-state index contributed by atoms with van der Waals surface area (Å²) in [4.78, 5) is 12.2. The number of allylic oxidation sites excluding steroid dienone is 4. The predicted octanol–water partition coefficient (Wildman–Crippen LogP) is 11.8. The molecule has 1 aliphatic rings. The molecule has 0 fully saturated rings. The standard InChI is InChI=1S/C35H64O3/c1-9-11-12-13-14-15-16-17-18-19-20-21-22-23-24-25-26-35(34(6,7)8)28-29(38-31(36)10-2)27-30(32(35)37)33(3,4)5/h27,37H,9-26,28H2,1-8H3. The fraction of sp³-hybridized carbons (Fsp3) is 0.857. The van der Waals surface area contributed by atoms with Gasteiger partial charge in [-0.3, -0.25) is 4.79 Å². The van der Waals surface area contributed by atoms with Crippen molar-refractivity contribution in [2.75, 3.05) is 0 Å². The van der Waals surface area contributed by atoms with Gasteiger partial charge in [-0.15, -0.1) is 0 Å². The fourth-order valence-electron chi connectivity index (χ4n) is 5.95. The molecule has 1 N–H and O–H groups in total. The molecule has 1 aliphatic carbocycles. The highest BCUT2D eigenvalue weighted by molar-refractivity contribution is 5.70. The van der Waals surface area contributed by atoms with Gasteiger partial charge < -0.3 is 9.84 Å². The van der Waals surface area contributed by atoms with Crippen molar-refractivity contribution in [1.29, 1.82) is 0 Å². The van der Waals surface area contributed by atoms with Crippen LogP contribution in [0.1, 0.15) is 177 Å². The van der Waals surface area contributed by atoms with Crippen molar-refractivity contribution in [3.63, 3.8) is 0 Å². The van der Waals surface area contributed by atoms with Gasteiger partial charge in [-0.2, -0.15) is 0 Å². The maximum atomic E-state index is 12.2. The van der Waals surface area contributed by atoms with Gasteiger partial charge in [-0.25, -0.2) is 0 Å². The summed E-state index contributed by atoms with van der Waals surface area (Å²) in [5.41, 5.74) is 0.124. The minimum atomic E-state index is -0.413. The Hall–Kier alpha value is -1.25. The van der Waals surface area contributed by atoms with Crippen LogP contribution in [0.5, 0.6) is 0 Å². The van der Waals surface area contributed by atoms with Crippen LogP contribution in [0.2, 0.25) is 0 Å². The van der Waals surface area contributed by atoms with E-state index in [4.69, 9.17) is 4.74 Å². The Kier molecular flexibility index (Phi) is 16.0. The zero-order chi connectivity index (χ0) is 28.7. The lowest BCUT2D eigenvalue weighted by atomic mass is 9.57. The van der Waals surface area contributed by atoms with Crippen LogP contribution in [-0.4, -0.2) is 11.1 Å². The Bertz CT molecular complexity index is 731. The zero-order valence-corrected chi connectivity index (χ0v) is 26.8. The van der Waals surface area contributed by atoms with Crippen molar-refractivity contribution >= 4 is 5.97 Å². The molecule has 0 radical (unpaired) electrons. The molecule has 0 saturated heterocycles. The van der Waals surface area contributed by atoms with Gasteiger partial charge in [0, 0.05) is 18.3 Å². The van der Waals surface area contributed by atoms with Crippen molar-refractivity contribution in [2.24, 2.45) is 16.2 Å².